The van der Waals surface area contributed by atoms with Crippen molar-refractivity contribution in [1.29, 1.82) is 0 Å². The number of hydrogen-bond acceptors (Lipinski definition) is 2. The van der Waals surface area contributed by atoms with Gasteiger partial charge in [0.25, 0.3) is 0 Å². The van der Waals surface area contributed by atoms with Crippen LogP contribution in [0.1, 0.15) is 16.8 Å². The normalized spacial score (nSPS) is 10.9. The summed E-state index contributed by atoms with van der Waals surface area (Å²) >= 11 is 1.83. The third kappa shape index (κ3) is 2.64. The summed E-state index contributed by atoms with van der Waals surface area (Å²) in [4.78, 5) is 10.9. The molecule has 0 aliphatic heterocycles. The SMILES string of the molecule is CSCCCn1ccc2ccc(C(=O)O)cc21. The molecule has 90 valence electrons. The van der Waals surface area contributed by atoms with Crippen molar-refractivity contribution < 1.29 is 9.90 Å². The van der Waals surface area contributed by atoms with Crippen molar-refractivity contribution in [2.45, 2.75) is 13.0 Å². The fraction of sp³-hybridized carbons (Fsp3) is 0.308. The highest BCUT2D eigenvalue weighted by molar-refractivity contribution is 7.98. The first kappa shape index (κ1) is 12.0. The quantitative estimate of drug-likeness (QED) is 0.828. The molecule has 0 aliphatic rings. The maximum Gasteiger partial charge on any atom is 0.335 e. The number of thioether (sulfide) groups is 1. The van der Waals surface area contributed by atoms with E-state index in [1.807, 2.05) is 30.1 Å². The number of carboxylic acid groups (broad SMARTS) is 1. The molecule has 1 aromatic carbocycles. The van der Waals surface area contributed by atoms with Crippen molar-refractivity contribution in [3.8, 4) is 0 Å². The van der Waals surface area contributed by atoms with Gasteiger partial charge < -0.3 is 9.67 Å². The highest BCUT2D eigenvalue weighted by Gasteiger charge is 2.06. The number of aromatic nitrogens is 1. The van der Waals surface area contributed by atoms with Crippen LogP contribution >= 0.6 is 11.8 Å². The maximum absolute atomic E-state index is 10.9. The van der Waals surface area contributed by atoms with Gasteiger partial charge in [-0.2, -0.15) is 11.8 Å². The van der Waals surface area contributed by atoms with Crippen LogP contribution in [0.3, 0.4) is 0 Å². The number of benzene rings is 1. The first-order valence-corrected chi connectivity index (χ1v) is 6.93. The minimum absolute atomic E-state index is 0.349. The van der Waals surface area contributed by atoms with E-state index in [1.165, 1.54) is 0 Å². The lowest BCUT2D eigenvalue weighted by molar-refractivity contribution is 0.0697. The molecule has 0 fully saturated rings. The molecule has 0 atom stereocenters. The van der Waals surface area contributed by atoms with Crippen LogP contribution < -0.4 is 0 Å². The van der Waals surface area contributed by atoms with E-state index in [0.717, 1.165) is 29.6 Å². The van der Waals surface area contributed by atoms with Gasteiger partial charge in [-0.25, -0.2) is 4.79 Å². The summed E-state index contributed by atoms with van der Waals surface area (Å²) in [6, 6.07) is 7.29. The highest BCUT2D eigenvalue weighted by atomic mass is 32.2. The van der Waals surface area contributed by atoms with E-state index >= 15 is 0 Å². The molecule has 0 amide bonds. The van der Waals surface area contributed by atoms with Gasteiger partial charge in [-0.3, -0.25) is 0 Å². The Kier molecular flexibility index (Phi) is 3.74. The molecule has 2 aromatic rings. The first-order valence-electron chi connectivity index (χ1n) is 5.53. The van der Waals surface area contributed by atoms with Gasteiger partial charge in [0.2, 0.25) is 0 Å². The second-order valence-electron chi connectivity index (χ2n) is 3.93. The van der Waals surface area contributed by atoms with Crippen molar-refractivity contribution >= 4 is 28.6 Å². The smallest absolute Gasteiger partial charge is 0.335 e. The monoisotopic (exact) mass is 249 g/mol. The zero-order chi connectivity index (χ0) is 12.3. The van der Waals surface area contributed by atoms with Crippen LogP contribution in [0.5, 0.6) is 0 Å². The van der Waals surface area contributed by atoms with E-state index in [2.05, 4.69) is 10.8 Å². The van der Waals surface area contributed by atoms with Crippen LogP contribution in [0.2, 0.25) is 0 Å². The standard InChI is InChI=1S/C13H15NO2S/c1-17-8-2-6-14-7-5-10-3-4-11(13(15)16)9-12(10)14/h3-5,7,9H,2,6,8H2,1H3,(H,15,16). The summed E-state index contributed by atoms with van der Waals surface area (Å²) in [5.74, 6) is 0.252. The van der Waals surface area contributed by atoms with Gasteiger partial charge in [0.05, 0.1) is 5.56 Å². The molecule has 0 radical (unpaired) electrons. The van der Waals surface area contributed by atoms with Gasteiger partial charge >= 0.3 is 5.97 Å². The third-order valence-corrected chi connectivity index (χ3v) is 3.47. The topological polar surface area (TPSA) is 42.2 Å². The number of hydrogen-bond donors (Lipinski definition) is 1. The zero-order valence-corrected chi connectivity index (χ0v) is 10.5. The predicted octanol–water partition coefficient (Wildman–Crippen LogP) is 3.09. The lowest BCUT2D eigenvalue weighted by Gasteiger charge is -2.05. The average molecular weight is 249 g/mol. The van der Waals surface area contributed by atoms with Gasteiger partial charge in [0.15, 0.2) is 0 Å². The van der Waals surface area contributed by atoms with Crippen molar-refractivity contribution in [3.63, 3.8) is 0 Å². The molecule has 0 spiro atoms. The van der Waals surface area contributed by atoms with Crippen LogP contribution in [0, 0.1) is 0 Å². The number of carboxylic acids is 1. The summed E-state index contributed by atoms with van der Waals surface area (Å²) < 4.78 is 2.12. The van der Waals surface area contributed by atoms with Crippen molar-refractivity contribution in [2.75, 3.05) is 12.0 Å². The molecule has 0 unspecified atom stereocenters. The lowest BCUT2D eigenvalue weighted by Crippen LogP contribution is -1.99. The predicted molar refractivity (Wildman–Crippen MR) is 71.9 cm³/mol. The van der Waals surface area contributed by atoms with E-state index in [1.54, 1.807) is 12.1 Å². The van der Waals surface area contributed by atoms with Crippen LogP contribution in [-0.4, -0.2) is 27.7 Å². The Hall–Kier alpha value is -1.42. The second kappa shape index (κ2) is 5.27. The molecular formula is C13H15NO2S. The summed E-state index contributed by atoms with van der Waals surface area (Å²) in [7, 11) is 0. The minimum Gasteiger partial charge on any atom is -0.478 e. The van der Waals surface area contributed by atoms with E-state index in [-0.39, 0.29) is 0 Å². The molecule has 3 nitrogen and oxygen atoms in total. The molecule has 1 heterocycles. The number of carbonyl (C=O) groups is 1. The Morgan fingerprint density at radius 3 is 2.94 bits per heavy atom. The summed E-state index contributed by atoms with van der Waals surface area (Å²) in [6.07, 6.45) is 5.22. The van der Waals surface area contributed by atoms with Gasteiger partial charge in [-0.05, 0) is 42.0 Å². The van der Waals surface area contributed by atoms with E-state index < -0.39 is 5.97 Å². The molecule has 4 heteroatoms. The fourth-order valence-electron chi connectivity index (χ4n) is 1.89. The zero-order valence-electron chi connectivity index (χ0n) is 9.72. The lowest BCUT2D eigenvalue weighted by atomic mass is 10.1. The van der Waals surface area contributed by atoms with Crippen molar-refractivity contribution in [3.05, 3.63) is 36.0 Å². The van der Waals surface area contributed by atoms with E-state index in [9.17, 15) is 4.79 Å². The Morgan fingerprint density at radius 2 is 2.24 bits per heavy atom. The van der Waals surface area contributed by atoms with Crippen LogP contribution in [-0.2, 0) is 6.54 Å². The van der Waals surface area contributed by atoms with Crippen LogP contribution in [0.4, 0.5) is 0 Å². The summed E-state index contributed by atoms with van der Waals surface area (Å²) in [6.45, 7) is 0.938. The molecule has 17 heavy (non-hydrogen) atoms. The van der Waals surface area contributed by atoms with Gasteiger partial charge in [0, 0.05) is 18.3 Å². The maximum atomic E-state index is 10.9. The number of nitrogens with zero attached hydrogens (tertiary/aromatic N) is 1. The number of aryl methyl sites for hydroxylation is 1. The van der Waals surface area contributed by atoms with Gasteiger partial charge in [-0.1, -0.05) is 6.07 Å². The average Bonchev–Trinajstić information content (AvgIpc) is 2.72. The molecular weight excluding hydrogens is 234 g/mol. The minimum atomic E-state index is -0.872. The van der Waals surface area contributed by atoms with Crippen LogP contribution in [0.15, 0.2) is 30.5 Å². The van der Waals surface area contributed by atoms with E-state index in [4.69, 9.17) is 5.11 Å². The number of fused-ring (bicyclic) bond motifs is 1. The van der Waals surface area contributed by atoms with Crippen molar-refractivity contribution in [2.24, 2.45) is 0 Å². The Morgan fingerprint density at radius 1 is 1.41 bits per heavy atom. The number of rotatable bonds is 5. The van der Waals surface area contributed by atoms with E-state index in [0.29, 0.717) is 5.56 Å². The molecule has 1 aromatic heterocycles. The summed E-state index contributed by atoms with van der Waals surface area (Å²) in [5, 5.41) is 10.1. The third-order valence-electron chi connectivity index (χ3n) is 2.77. The Bertz CT molecular complexity index is 533. The van der Waals surface area contributed by atoms with Crippen LogP contribution in [0.25, 0.3) is 10.9 Å². The first-order chi connectivity index (χ1) is 8.22. The fourth-order valence-corrected chi connectivity index (χ4v) is 2.31. The molecule has 0 aliphatic carbocycles. The molecule has 0 saturated carbocycles. The molecule has 0 bridgehead atoms. The molecule has 0 saturated heterocycles. The van der Waals surface area contributed by atoms with Gasteiger partial charge in [-0.15, -0.1) is 0 Å². The highest BCUT2D eigenvalue weighted by Crippen LogP contribution is 2.18. The van der Waals surface area contributed by atoms with Gasteiger partial charge in [0.1, 0.15) is 0 Å². The Labute approximate surface area is 104 Å². The largest absolute Gasteiger partial charge is 0.478 e. The van der Waals surface area contributed by atoms with Crippen molar-refractivity contribution in [1.82, 2.24) is 4.57 Å². The number of aromatic carboxylic acids is 1. The molecule has 2 rings (SSSR count). The summed E-state index contributed by atoms with van der Waals surface area (Å²) in [5.41, 5.74) is 1.35. The Balaban J connectivity index is 2.30. The second-order valence-corrected chi connectivity index (χ2v) is 4.92. The molecule has 1 N–H and O–H groups in total.